The quantitative estimate of drug-likeness (QED) is 0.820. The summed E-state index contributed by atoms with van der Waals surface area (Å²) in [7, 11) is -1.93. The molecule has 1 N–H and O–H groups in total. The molecule has 1 amide bonds. The van der Waals surface area contributed by atoms with Crippen LogP contribution in [0.4, 0.5) is 0 Å². The number of halogens is 2. The van der Waals surface area contributed by atoms with E-state index in [0.29, 0.717) is 24.7 Å². The smallest absolute Gasteiger partial charge is 0.238 e. The molecule has 136 valence electrons. The second kappa shape index (κ2) is 9.01. The lowest BCUT2D eigenvalue weighted by molar-refractivity contribution is -0.134. The minimum absolute atomic E-state index is 0. The number of piperazine rings is 1. The van der Waals surface area contributed by atoms with E-state index in [-0.39, 0.29) is 36.7 Å². The summed E-state index contributed by atoms with van der Waals surface area (Å²) in [6.45, 7) is 3.27. The van der Waals surface area contributed by atoms with E-state index in [0.717, 1.165) is 9.87 Å². The van der Waals surface area contributed by atoms with Gasteiger partial charge in [-0.3, -0.25) is 4.79 Å². The lowest BCUT2D eigenvalue weighted by Crippen LogP contribution is -2.51. The predicted octanol–water partition coefficient (Wildman–Crippen LogP) is 1.52. The van der Waals surface area contributed by atoms with E-state index >= 15 is 0 Å². The third-order valence-corrected chi connectivity index (χ3v) is 6.04. The van der Waals surface area contributed by atoms with Gasteiger partial charge in [-0.1, -0.05) is 23.7 Å². The molecule has 1 aromatic rings. The number of nitrogens with zero attached hydrogens (tertiary/aromatic N) is 2. The van der Waals surface area contributed by atoms with Gasteiger partial charge in [-0.05, 0) is 24.6 Å². The van der Waals surface area contributed by atoms with E-state index in [1.807, 2.05) is 18.2 Å². The van der Waals surface area contributed by atoms with Crippen LogP contribution in [-0.4, -0.2) is 62.5 Å². The maximum atomic E-state index is 12.6. The summed E-state index contributed by atoms with van der Waals surface area (Å²) < 4.78 is 24.8. The minimum Gasteiger partial charge on any atom is -0.332 e. The highest BCUT2D eigenvalue weighted by Gasteiger charge is 2.30. The second-order valence-corrected chi connectivity index (χ2v) is 8.32. The largest absolute Gasteiger partial charge is 0.332 e. The molecule has 0 bridgehead atoms. The lowest BCUT2D eigenvalue weighted by atomic mass is 10.0. The van der Waals surface area contributed by atoms with Crippen LogP contribution >= 0.6 is 24.0 Å². The summed E-state index contributed by atoms with van der Waals surface area (Å²) in [5, 5.41) is 3.88. The molecule has 1 fully saturated rings. The molecule has 1 saturated heterocycles. The maximum absolute atomic E-state index is 12.6. The van der Waals surface area contributed by atoms with Crippen LogP contribution in [0.2, 0.25) is 5.02 Å². The average molecular weight is 396 g/mol. The van der Waals surface area contributed by atoms with Gasteiger partial charge in [0.25, 0.3) is 0 Å². The summed E-state index contributed by atoms with van der Waals surface area (Å²) in [5.41, 5.74) is 0.944. The molecule has 0 radical (unpaired) electrons. The monoisotopic (exact) mass is 395 g/mol. The molecule has 1 atom stereocenters. The minimum atomic E-state index is -3.37. The number of nitrogens with one attached hydrogen (secondary N) is 1. The topological polar surface area (TPSA) is 69.7 Å². The molecule has 0 aliphatic carbocycles. The number of rotatable bonds is 5. The zero-order valence-corrected chi connectivity index (χ0v) is 16.1. The summed E-state index contributed by atoms with van der Waals surface area (Å²) in [6, 6.07) is 7.26. The van der Waals surface area contributed by atoms with Gasteiger partial charge < -0.3 is 10.2 Å². The van der Waals surface area contributed by atoms with Crippen molar-refractivity contribution in [2.75, 3.05) is 39.0 Å². The molecule has 1 unspecified atom stereocenters. The molecule has 9 heteroatoms. The maximum Gasteiger partial charge on any atom is 0.238 e. The number of amides is 1. The Hall–Kier alpha value is -0.860. The molecular weight excluding hydrogens is 373 g/mol. The lowest BCUT2D eigenvalue weighted by Gasteiger charge is -2.37. The van der Waals surface area contributed by atoms with E-state index in [1.165, 1.54) is 7.05 Å². The second-order valence-electron chi connectivity index (χ2n) is 5.52. The molecule has 6 nitrogen and oxygen atoms in total. The molecule has 1 aliphatic heterocycles. The summed E-state index contributed by atoms with van der Waals surface area (Å²) >= 11 is 6.04. The van der Waals surface area contributed by atoms with Crippen LogP contribution in [0.1, 0.15) is 18.5 Å². The van der Waals surface area contributed by atoms with Gasteiger partial charge in [-0.15, -0.1) is 12.4 Å². The first-order chi connectivity index (χ1) is 10.8. The van der Waals surface area contributed by atoms with Gasteiger partial charge in [0.2, 0.25) is 15.9 Å². The number of likely N-dealkylation sites (N-methyl/N-ethyl adjacent to an activating group) is 1. The Morgan fingerprint density at radius 2 is 2.17 bits per heavy atom. The molecule has 24 heavy (non-hydrogen) atoms. The Balaban J connectivity index is 0.00000288. The molecule has 0 saturated carbocycles. The predicted molar refractivity (Wildman–Crippen MR) is 98.1 cm³/mol. The molecule has 0 aromatic heterocycles. The Bertz CT molecular complexity index is 670. The van der Waals surface area contributed by atoms with Crippen LogP contribution in [0.25, 0.3) is 0 Å². The number of hydrogen-bond donors (Lipinski definition) is 1. The fourth-order valence-corrected chi connectivity index (χ4v) is 3.56. The first kappa shape index (κ1) is 21.2. The normalized spacial score (nSPS) is 18.3. The van der Waals surface area contributed by atoms with E-state index in [9.17, 15) is 13.2 Å². The van der Waals surface area contributed by atoms with Gasteiger partial charge in [0.05, 0.1) is 18.3 Å². The standard InChI is InChI=1S/C15H22ClN3O3S.ClH/c1-3-23(21,22)18(2)11-15(20)19-8-7-17-10-14(19)12-5-4-6-13(16)9-12;/h4-6,9,14,17H,3,7-8,10-11H2,1-2H3;1H. The van der Waals surface area contributed by atoms with E-state index < -0.39 is 10.0 Å². The Labute approximate surface area is 154 Å². The highest BCUT2D eigenvalue weighted by Crippen LogP contribution is 2.25. The molecule has 1 aromatic carbocycles. The first-order valence-electron chi connectivity index (χ1n) is 7.55. The van der Waals surface area contributed by atoms with Gasteiger partial charge in [-0.25, -0.2) is 8.42 Å². The van der Waals surface area contributed by atoms with Crippen LogP contribution in [-0.2, 0) is 14.8 Å². The third kappa shape index (κ3) is 5.07. The summed E-state index contributed by atoms with van der Waals surface area (Å²) in [6.07, 6.45) is 0. The van der Waals surface area contributed by atoms with E-state index in [2.05, 4.69) is 5.32 Å². The van der Waals surface area contributed by atoms with Crippen molar-refractivity contribution in [2.45, 2.75) is 13.0 Å². The molecule has 2 rings (SSSR count). The Morgan fingerprint density at radius 3 is 2.79 bits per heavy atom. The average Bonchev–Trinajstić information content (AvgIpc) is 2.54. The van der Waals surface area contributed by atoms with Crippen molar-refractivity contribution in [3.05, 3.63) is 34.9 Å². The fraction of sp³-hybridized carbons (Fsp3) is 0.533. The van der Waals surface area contributed by atoms with Gasteiger partial charge in [0, 0.05) is 31.7 Å². The molecule has 0 spiro atoms. The first-order valence-corrected chi connectivity index (χ1v) is 9.53. The van der Waals surface area contributed by atoms with Crippen molar-refractivity contribution in [1.29, 1.82) is 0 Å². The third-order valence-electron chi connectivity index (χ3n) is 3.99. The summed E-state index contributed by atoms with van der Waals surface area (Å²) in [4.78, 5) is 14.3. The summed E-state index contributed by atoms with van der Waals surface area (Å²) in [5.74, 6) is -0.216. The Kier molecular flexibility index (Phi) is 7.95. The van der Waals surface area contributed by atoms with Gasteiger partial charge in [-0.2, -0.15) is 4.31 Å². The number of carbonyl (C=O) groups excluding carboxylic acids is 1. The van der Waals surface area contributed by atoms with Gasteiger partial charge in [0.1, 0.15) is 0 Å². The molecule has 1 aliphatic rings. The van der Waals surface area contributed by atoms with Crippen LogP contribution in [0.15, 0.2) is 24.3 Å². The van der Waals surface area contributed by atoms with Gasteiger partial charge >= 0.3 is 0 Å². The SMILES string of the molecule is CCS(=O)(=O)N(C)CC(=O)N1CCNCC1c1cccc(Cl)c1.Cl. The van der Waals surface area contributed by atoms with Crippen LogP contribution in [0.3, 0.4) is 0 Å². The van der Waals surface area contributed by atoms with Crippen molar-refractivity contribution in [2.24, 2.45) is 0 Å². The highest BCUT2D eigenvalue weighted by molar-refractivity contribution is 7.89. The van der Waals surface area contributed by atoms with E-state index in [1.54, 1.807) is 17.9 Å². The van der Waals surface area contributed by atoms with Crippen molar-refractivity contribution in [1.82, 2.24) is 14.5 Å². The van der Waals surface area contributed by atoms with Crippen molar-refractivity contribution in [3.8, 4) is 0 Å². The number of hydrogen-bond acceptors (Lipinski definition) is 4. The van der Waals surface area contributed by atoms with Crippen LogP contribution in [0, 0.1) is 0 Å². The number of sulfonamides is 1. The fourth-order valence-electron chi connectivity index (χ4n) is 2.61. The zero-order chi connectivity index (χ0) is 17.0. The van der Waals surface area contributed by atoms with Crippen LogP contribution in [0.5, 0.6) is 0 Å². The van der Waals surface area contributed by atoms with Crippen LogP contribution < -0.4 is 5.32 Å². The van der Waals surface area contributed by atoms with Crippen molar-refractivity contribution in [3.63, 3.8) is 0 Å². The van der Waals surface area contributed by atoms with Crippen molar-refractivity contribution >= 4 is 39.9 Å². The zero-order valence-electron chi connectivity index (χ0n) is 13.7. The Morgan fingerprint density at radius 1 is 1.46 bits per heavy atom. The van der Waals surface area contributed by atoms with E-state index in [4.69, 9.17) is 11.6 Å². The van der Waals surface area contributed by atoms with Crippen molar-refractivity contribution < 1.29 is 13.2 Å². The number of carbonyl (C=O) groups is 1. The number of benzene rings is 1. The molecule has 1 heterocycles. The van der Waals surface area contributed by atoms with Gasteiger partial charge in [0.15, 0.2) is 0 Å². The molecular formula is C15H23Cl2N3O3S. The highest BCUT2D eigenvalue weighted by atomic mass is 35.5.